The van der Waals surface area contributed by atoms with E-state index in [9.17, 15) is 13.2 Å². The Morgan fingerprint density at radius 2 is 1.95 bits per heavy atom. The maximum absolute atomic E-state index is 11.6. The summed E-state index contributed by atoms with van der Waals surface area (Å²) in [5, 5.41) is 8.28. The molecule has 1 aliphatic carbocycles. The lowest BCUT2D eigenvalue weighted by Crippen LogP contribution is -2.26. The molecule has 0 amide bonds. The Morgan fingerprint density at radius 3 is 2.47 bits per heavy atom. The number of rotatable bonds is 6. The Bertz CT molecular complexity index is 586. The van der Waals surface area contributed by atoms with Crippen LogP contribution in [0.1, 0.15) is 24.0 Å². The van der Waals surface area contributed by atoms with E-state index in [2.05, 4.69) is 4.72 Å². The summed E-state index contributed by atoms with van der Waals surface area (Å²) in [6.07, 6.45) is 4.04. The molecule has 0 unspecified atom stereocenters. The summed E-state index contributed by atoms with van der Waals surface area (Å²) in [4.78, 5) is 10.4. The van der Waals surface area contributed by atoms with Crippen LogP contribution in [0.15, 0.2) is 30.3 Å². The first-order valence-corrected chi connectivity index (χ1v) is 7.50. The number of aliphatic carboxylic acids is 1. The first-order valence-electron chi connectivity index (χ1n) is 5.96. The van der Waals surface area contributed by atoms with E-state index in [-0.39, 0.29) is 11.8 Å². The van der Waals surface area contributed by atoms with Gasteiger partial charge in [0.1, 0.15) is 0 Å². The molecule has 0 radical (unpaired) electrons. The van der Waals surface area contributed by atoms with Crippen LogP contribution in [0.5, 0.6) is 0 Å². The van der Waals surface area contributed by atoms with Gasteiger partial charge in [-0.2, -0.15) is 0 Å². The largest absolute Gasteiger partial charge is 0.478 e. The van der Waals surface area contributed by atoms with Crippen LogP contribution in [0.2, 0.25) is 0 Å². The van der Waals surface area contributed by atoms with Gasteiger partial charge in [0.2, 0.25) is 10.0 Å². The normalized spacial score (nSPS) is 15.8. The Balaban J connectivity index is 1.93. The van der Waals surface area contributed by atoms with E-state index in [1.54, 1.807) is 24.3 Å². The molecule has 2 N–H and O–H groups in total. The molecule has 2 rings (SSSR count). The Hall–Kier alpha value is -1.66. The van der Waals surface area contributed by atoms with Crippen LogP contribution >= 0.6 is 0 Å². The molecule has 1 saturated carbocycles. The predicted octanol–water partition coefficient (Wildman–Crippen LogP) is 1.37. The maximum Gasteiger partial charge on any atom is 0.328 e. The lowest BCUT2D eigenvalue weighted by molar-refractivity contribution is -0.131. The van der Waals surface area contributed by atoms with Crippen molar-refractivity contribution < 1.29 is 18.3 Å². The van der Waals surface area contributed by atoms with E-state index in [1.807, 2.05) is 0 Å². The third kappa shape index (κ3) is 4.18. The Labute approximate surface area is 112 Å². The fourth-order valence-corrected chi connectivity index (χ4v) is 2.95. The van der Waals surface area contributed by atoms with Crippen LogP contribution in [-0.4, -0.2) is 24.7 Å². The van der Waals surface area contributed by atoms with Gasteiger partial charge in [0.15, 0.2) is 0 Å². The van der Waals surface area contributed by atoms with E-state index < -0.39 is 16.0 Å². The zero-order valence-corrected chi connectivity index (χ0v) is 11.1. The second-order valence-electron chi connectivity index (χ2n) is 4.48. The number of nitrogens with one attached hydrogen (secondary N) is 1. The molecule has 0 heterocycles. The summed E-state index contributed by atoms with van der Waals surface area (Å²) < 4.78 is 25.8. The van der Waals surface area contributed by atoms with Crippen LogP contribution in [0.4, 0.5) is 0 Å². The number of benzene rings is 1. The predicted molar refractivity (Wildman–Crippen MR) is 71.9 cm³/mol. The van der Waals surface area contributed by atoms with Gasteiger partial charge in [-0.25, -0.2) is 17.9 Å². The molecule has 0 aromatic heterocycles. The van der Waals surface area contributed by atoms with E-state index >= 15 is 0 Å². The third-order valence-electron chi connectivity index (χ3n) is 2.84. The molecule has 1 fully saturated rings. The summed E-state index contributed by atoms with van der Waals surface area (Å²) in [5.74, 6) is -0.999. The molecule has 1 aromatic carbocycles. The molecule has 102 valence electrons. The monoisotopic (exact) mass is 281 g/mol. The molecule has 0 bridgehead atoms. The highest BCUT2D eigenvalue weighted by Crippen LogP contribution is 2.27. The van der Waals surface area contributed by atoms with E-state index in [0.29, 0.717) is 0 Å². The number of carboxylic acid groups (broad SMARTS) is 1. The molecule has 0 spiro atoms. The minimum atomic E-state index is -3.16. The fraction of sp³-hybridized carbons (Fsp3) is 0.308. The van der Waals surface area contributed by atoms with E-state index in [1.165, 1.54) is 6.08 Å². The second-order valence-corrected chi connectivity index (χ2v) is 6.52. The summed E-state index contributed by atoms with van der Waals surface area (Å²) in [7, 11) is -3.16. The van der Waals surface area contributed by atoms with Crippen LogP contribution in [0, 0.1) is 0 Å². The number of hydrogen-bond acceptors (Lipinski definition) is 3. The molecule has 0 atom stereocenters. The molecule has 1 aromatic rings. The van der Waals surface area contributed by atoms with Crippen molar-refractivity contribution in [2.75, 3.05) is 0 Å². The first kappa shape index (κ1) is 13.8. The fourth-order valence-electron chi connectivity index (χ4n) is 1.59. The Kier molecular flexibility index (Phi) is 4.01. The quantitative estimate of drug-likeness (QED) is 0.771. The minimum Gasteiger partial charge on any atom is -0.478 e. The van der Waals surface area contributed by atoms with Crippen molar-refractivity contribution in [2.45, 2.75) is 24.6 Å². The van der Waals surface area contributed by atoms with E-state index in [4.69, 9.17) is 5.11 Å². The van der Waals surface area contributed by atoms with Crippen molar-refractivity contribution in [3.05, 3.63) is 41.5 Å². The van der Waals surface area contributed by atoms with Crippen molar-refractivity contribution in [1.29, 1.82) is 0 Å². The van der Waals surface area contributed by atoms with Gasteiger partial charge >= 0.3 is 5.97 Å². The molecule has 6 heteroatoms. The zero-order valence-electron chi connectivity index (χ0n) is 10.2. The zero-order chi connectivity index (χ0) is 13.9. The van der Waals surface area contributed by atoms with Gasteiger partial charge in [0, 0.05) is 12.6 Å². The number of carbonyl (C=O) groups is 1. The summed E-state index contributed by atoms with van der Waals surface area (Å²) in [5.41, 5.74) is 1.60. The number of carboxylic acids is 1. The Morgan fingerprint density at radius 1 is 1.32 bits per heavy atom. The topological polar surface area (TPSA) is 83.5 Å². The van der Waals surface area contributed by atoms with Gasteiger partial charge in [0.05, 0.1) is 5.25 Å². The summed E-state index contributed by atoms with van der Waals surface area (Å²) in [6, 6.07) is 7.05. The summed E-state index contributed by atoms with van der Waals surface area (Å²) in [6.45, 7) is 0.266. The number of hydrogen-bond donors (Lipinski definition) is 2. The van der Waals surface area contributed by atoms with Crippen molar-refractivity contribution in [3.63, 3.8) is 0 Å². The van der Waals surface area contributed by atoms with Crippen molar-refractivity contribution in [3.8, 4) is 0 Å². The molecular formula is C13H15NO4S. The molecular weight excluding hydrogens is 266 g/mol. The molecule has 0 aliphatic heterocycles. The average molecular weight is 281 g/mol. The van der Waals surface area contributed by atoms with Crippen LogP contribution in [0.25, 0.3) is 6.08 Å². The molecule has 19 heavy (non-hydrogen) atoms. The highest BCUT2D eigenvalue weighted by Gasteiger charge is 2.35. The van der Waals surface area contributed by atoms with Crippen LogP contribution in [-0.2, 0) is 21.4 Å². The first-order chi connectivity index (χ1) is 8.97. The average Bonchev–Trinajstić information content (AvgIpc) is 3.20. The van der Waals surface area contributed by atoms with Gasteiger partial charge in [-0.05, 0) is 30.0 Å². The molecule has 0 saturated heterocycles. The minimum absolute atomic E-state index is 0.217. The van der Waals surface area contributed by atoms with Crippen LogP contribution < -0.4 is 4.72 Å². The lowest BCUT2D eigenvalue weighted by Gasteiger charge is -2.05. The number of sulfonamides is 1. The van der Waals surface area contributed by atoms with Gasteiger partial charge in [0.25, 0.3) is 0 Å². The lowest BCUT2D eigenvalue weighted by atomic mass is 10.1. The van der Waals surface area contributed by atoms with Gasteiger partial charge in [-0.3, -0.25) is 0 Å². The van der Waals surface area contributed by atoms with Crippen molar-refractivity contribution in [2.24, 2.45) is 0 Å². The molecule has 1 aliphatic rings. The van der Waals surface area contributed by atoms with Crippen molar-refractivity contribution >= 4 is 22.1 Å². The van der Waals surface area contributed by atoms with Gasteiger partial charge < -0.3 is 5.11 Å². The van der Waals surface area contributed by atoms with Crippen LogP contribution in [0.3, 0.4) is 0 Å². The third-order valence-corrected chi connectivity index (χ3v) is 4.73. The standard InChI is InChI=1S/C13H15NO4S/c15-13(16)8-5-10-1-3-11(4-2-10)9-14-19(17,18)12-6-7-12/h1-5,8,12,14H,6-7,9H2,(H,15,16). The maximum atomic E-state index is 11.6. The van der Waals surface area contributed by atoms with Gasteiger partial charge in [-0.15, -0.1) is 0 Å². The highest BCUT2D eigenvalue weighted by atomic mass is 32.2. The summed E-state index contributed by atoms with van der Waals surface area (Å²) >= 11 is 0. The SMILES string of the molecule is O=C(O)C=Cc1ccc(CNS(=O)(=O)C2CC2)cc1. The second kappa shape index (κ2) is 5.54. The van der Waals surface area contributed by atoms with Gasteiger partial charge in [-0.1, -0.05) is 24.3 Å². The van der Waals surface area contributed by atoms with Crippen molar-refractivity contribution in [1.82, 2.24) is 4.72 Å². The molecule has 5 nitrogen and oxygen atoms in total. The highest BCUT2D eigenvalue weighted by molar-refractivity contribution is 7.90. The van der Waals surface area contributed by atoms with E-state index in [0.717, 1.165) is 30.0 Å². The smallest absolute Gasteiger partial charge is 0.328 e.